The number of carbonyl (C=O) groups excluding carboxylic acids is 1. The van der Waals surface area contributed by atoms with Crippen LogP contribution in [-0.2, 0) is 4.79 Å². The van der Waals surface area contributed by atoms with Gasteiger partial charge in [0, 0.05) is 25.0 Å². The van der Waals surface area contributed by atoms with Crippen LogP contribution in [0.15, 0.2) is 29.3 Å². The van der Waals surface area contributed by atoms with Crippen molar-refractivity contribution in [2.24, 2.45) is 10.9 Å². The standard InChI is InChI=1S/C22H34N4O2.HI/c1-15-7-4-5-10-20(15)28-16(2)14-24-22(23-3)26-19-9-6-8-17(13-19)21(27)25-18-11-12-18;/h4-5,7,10,16-19H,6,8-9,11-14H2,1-3H3,(H,25,27)(H2,23,24,26);1H. The highest BCUT2D eigenvalue weighted by Crippen LogP contribution is 2.26. The second kappa shape index (κ2) is 11.6. The first kappa shape index (κ1) is 23.8. The number of nitrogens with zero attached hydrogens (tertiary/aromatic N) is 1. The fourth-order valence-corrected chi connectivity index (χ4v) is 3.68. The first-order valence-electron chi connectivity index (χ1n) is 10.5. The number of ether oxygens (including phenoxy) is 1. The normalized spacial score (nSPS) is 22.8. The van der Waals surface area contributed by atoms with Gasteiger partial charge in [0.1, 0.15) is 11.9 Å². The fraction of sp³-hybridized carbons (Fsp3) is 0.636. The Morgan fingerprint density at radius 2 is 1.93 bits per heavy atom. The highest BCUT2D eigenvalue weighted by molar-refractivity contribution is 14.0. The summed E-state index contributed by atoms with van der Waals surface area (Å²) < 4.78 is 6.02. The van der Waals surface area contributed by atoms with Gasteiger partial charge in [-0.05, 0) is 57.6 Å². The predicted molar refractivity (Wildman–Crippen MR) is 128 cm³/mol. The van der Waals surface area contributed by atoms with Gasteiger partial charge in [-0.15, -0.1) is 24.0 Å². The van der Waals surface area contributed by atoms with E-state index in [0.29, 0.717) is 12.6 Å². The van der Waals surface area contributed by atoms with Crippen LogP contribution >= 0.6 is 24.0 Å². The average Bonchev–Trinajstić information content (AvgIpc) is 3.51. The highest BCUT2D eigenvalue weighted by Gasteiger charge is 2.31. The molecule has 6 nitrogen and oxygen atoms in total. The third kappa shape index (κ3) is 7.68. The molecular weight excluding hydrogens is 479 g/mol. The number of amides is 1. The van der Waals surface area contributed by atoms with Crippen molar-refractivity contribution < 1.29 is 9.53 Å². The van der Waals surface area contributed by atoms with Gasteiger partial charge < -0.3 is 20.7 Å². The lowest BCUT2D eigenvalue weighted by Gasteiger charge is -2.30. The van der Waals surface area contributed by atoms with Gasteiger partial charge in [-0.2, -0.15) is 0 Å². The number of benzene rings is 1. The lowest BCUT2D eigenvalue weighted by atomic mass is 9.85. The van der Waals surface area contributed by atoms with Crippen LogP contribution < -0.4 is 20.7 Å². The lowest BCUT2D eigenvalue weighted by Crippen LogP contribution is -2.48. The molecule has 3 N–H and O–H groups in total. The molecule has 3 atom stereocenters. The molecule has 3 unspecified atom stereocenters. The van der Waals surface area contributed by atoms with Crippen LogP contribution in [-0.4, -0.2) is 43.6 Å². The lowest BCUT2D eigenvalue weighted by molar-refractivity contribution is -0.126. The van der Waals surface area contributed by atoms with Crippen molar-refractivity contribution in [1.82, 2.24) is 16.0 Å². The maximum Gasteiger partial charge on any atom is 0.223 e. The van der Waals surface area contributed by atoms with Gasteiger partial charge >= 0.3 is 0 Å². The molecule has 0 radical (unpaired) electrons. The summed E-state index contributed by atoms with van der Waals surface area (Å²) in [5.74, 6) is 2.04. The maximum absolute atomic E-state index is 12.4. The summed E-state index contributed by atoms with van der Waals surface area (Å²) in [6, 6.07) is 8.76. The summed E-state index contributed by atoms with van der Waals surface area (Å²) in [5, 5.41) is 10.00. The minimum absolute atomic E-state index is 0. The van der Waals surface area contributed by atoms with Crippen LogP contribution in [0.5, 0.6) is 5.75 Å². The van der Waals surface area contributed by atoms with Crippen molar-refractivity contribution in [2.45, 2.75) is 70.6 Å². The van der Waals surface area contributed by atoms with Crippen molar-refractivity contribution in [3.8, 4) is 5.75 Å². The number of guanidine groups is 1. The molecule has 0 aromatic heterocycles. The van der Waals surface area contributed by atoms with E-state index in [-0.39, 0.29) is 47.9 Å². The maximum atomic E-state index is 12.4. The smallest absolute Gasteiger partial charge is 0.223 e. The van der Waals surface area contributed by atoms with E-state index in [0.717, 1.165) is 55.8 Å². The van der Waals surface area contributed by atoms with Gasteiger partial charge in [-0.25, -0.2) is 0 Å². The van der Waals surface area contributed by atoms with E-state index in [1.165, 1.54) is 0 Å². The van der Waals surface area contributed by atoms with Gasteiger partial charge in [0.2, 0.25) is 5.91 Å². The molecule has 1 amide bonds. The molecule has 0 bridgehead atoms. The topological polar surface area (TPSA) is 74.8 Å². The zero-order valence-corrected chi connectivity index (χ0v) is 20.1. The Morgan fingerprint density at radius 1 is 1.17 bits per heavy atom. The number of rotatable bonds is 7. The molecular formula is C22H35IN4O2. The number of aliphatic imine (C=N–C) groups is 1. The largest absolute Gasteiger partial charge is 0.489 e. The van der Waals surface area contributed by atoms with Gasteiger partial charge in [0.15, 0.2) is 5.96 Å². The minimum atomic E-state index is 0. The van der Waals surface area contributed by atoms with E-state index >= 15 is 0 Å². The first-order chi connectivity index (χ1) is 13.5. The second-order valence-electron chi connectivity index (χ2n) is 8.13. The molecule has 2 fully saturated rings. The van der Waals surface area contributed by atoms with Crippen molar-refractivity contribution in [3.63, 3.8) is 0 Å². The van der Waals surface area contributed by atoms with Crippen LogP contribution in [0.1, 0.15) is 51.0 Å². The quantitative estimate of drug-likeness (QED) is 0.297. The zero-order chi connectivity index (χ0) is 19.9. The first-order valence-corrected chi connectivity index (χ1v) is 10.5. The summed E-state index contributed by atoms with van der Waals surface area (Å²) in [5.41, 5.74) is 1.13. The molecule has 2 aliphatic carbocycles. The second-order valence-corrected chi connectivity index (χ2v) is 8.13. The van der Waals surface area contributed by atoms with Crippen molar-refractivity contribution in [3.05, 3.63) is 29.8 Å². The van der Waals surface area contributed by atoms with Crippen molar-refractivity contribution in [1.29, 1.82) is 0 Å². The summed E-state index contributed by atoms with van der Waals surface area (Å²) in [4.78, 5) is 16.7. The molecule has 29 heavy (non-hydrogen) atoms. The zero-order valence-electron chi connectivity index (χ0n) is 17.7. The van der Waals surface area contributed by atoms with Crippen molar-refractivity contribution in [2.75, 3.05) is 13.6 Å². The molecule has 0 saturated heterocycles. The molecule has 2 saturated carbocycles. The third-order valence-corrected chi connectivity index (χ3v) is 5.51. The van der Waals surface area contributed by atoms with Gasteiger partial charge in [-0.1, -0.05) is 24.6 Å². The van der Waals surface area contributed by atoms with Crippen LogP contribution in [0.3, 0.4) is 0 Å². The Bertz CT molecular complexity index is 693. The number of carbonyl (C=O) groups is 1. The fourth-order valence-electron chi connectivity index (χ4n) is 3.68. The van der Waals surface area contributed by atoms with Gasteiger partial charge in [-0.3, -0.25) is 9.79 Å². The van der Waals surface area contributed by atoms with Crippen molar-refractivity contribution >= 4 is 35.8 Å². The molecule has 0 heterocycles. The van der Waals surface area contributed by atoms with Crippen LogP contribution in [0, 0.1) is 12.8 Å². The summed E-state index contributed by atoms with van der Waals surface area (Å²) in [7, 11) is 1.78. The monoisotopic (exact) mass is 514 g/mol. The van der Waals surface area contributed by atoms with E-state index in [1.807, 2.05) is 25.1 Å². The Labute approximate surface area is 191 Å². The Kier molecular flexibility index (Phi) is 9.52. The van der Waals surface area contributed by atoms with E-state index in [2.05, 4.69) is 33.9 Å². The van der Waals surface area contributed by atoms with E-state index < -0.39 is 0 Å². The number of nitrogens with one attached hydrogen (secondary N) is 3. The van der Waals surface area contributed by atoms with Crippen LogP contribution in [0.25, 0.3) is 0 Å². The predicted octanol–water partition coefficient (Wildman–Crippen LogP) is 3.38. The van der Waals surface area contributed by atoms with Gasteiger partial charge in [0.25, 0.3) is 0 Å². The van der Waals surface area contributed by atoms with Gasteiger partial charge in [0.05, 0.1) is 6.54 Å². The molecule has 7 heteroatoms. The number of hydrogen-bond donors (Lipinski definition) is 3. The average molecular weight is 514 g/mol. The molecule has 1 aromatic carbocycles. The highest BCUT2D eigenvalue weighted by atomic mass is 127. The summed E-state index contributed by atoms with van der Waals surface area (Å²) in [6.07, 6.45) is 6.30. The SMILES string of the molecule is CN=C(NCC(C)Oc1ccccc1C)NC1CCCC(C(=O)NC2CC2)C1.I. The van der Waals surface area contributed by atoms with E-state index in [9.17, 15) is 4.79 Å². The molecule has 3 rings (SSSR count). The minimum Gasteiger partial charge on any atom is -0.489 e. The molecule has 2 aliphatic rings. The molecule has 0 spiro atoms. The summed E-state index contributed by atoms with van der Waals surface area (Å²) >= 11 is 0. The number of halogens is 1. The Hall–Kier alpha value is -1.51. The molecule has 1 aromatic rings. The number of aryl methyl sites for hydroxylation is 1. The third-order valence-electron chi connectivity index (χ3n) is 5.51. The number of hydrogen-bond acceptors (Lipinski definition) is 3. The van der Waals surface area contributed by atoms with E-state index in [1.54, 1.807) is 7.05 Å². The Morgan fingerprint density at radius 3 is 2.62 bits per heavy atom. The molecule has 162 valence electrons. The van der Waals surface area contributed by atoms with E-state index in [4.69, 9.17) is 4.74 Å². The molecule has 0 aliphatic heterocycles. The van der Waals surface area contributed by atoms with Crippen LogP contribution in [0.4, 0.5) is 0 Å². The number of para-hydroxylation sites is 1. The summed E-state index contributed by atoms with van der Waals surface area (Å²) in [6.45, 7) is 4.76. The van der Waals surface area contributed by atoms with Crippen LogP contribution in [0.2, 0.25) is 0 Å². The Balaban J connectivity index is 0.00000300.